The zero-order valence-electron chi connectivity index (χ0n) is 11.6. The second-order valence-corrected chi connectivity index (χ2v) is 6.10. The third kappa shape index (κ3) is 3.22. The van der Waals surface area contributed by atoms with E-state index in [1.54, 1.807) is 0 Å². The predicted molar refractivity (Wildman–Crippen MR) is 78.4 cm³/mol. The first kappa shape index (κ1) is 13.8. The van der Waals surface area contributed by atoms with Crippen LogP contribution in [0.25, 0.3) is 0 Å². The molecule has 0 saturated carbocycles. The van der Waals surface area contributed by atoms with E-state index in [1.807, 2.05) is 24.6 Å². The van der Waals surface area contributed by atoms with E-state index in [0.717, 1.165) is 19.6 Å². The first-order chi connectivity index (χ1) is 8.74. The van der Waals surface area contributed by atoms with Crippen molar-refractivity contribution in [1.82, 2.24) is 15.2 Å². The second-order valence-electron chi connectivity index (χ2n) is 5.01. The van der Waals surface area contributed by atoms with E-state index in [4.69, 9.17) is 0 Å². The Hall–Kier alpha value is -0.650. The first-order valence-corrected chi connectivity index (χ1v) is 7.60. The van der Waals surface area contributed by atoms with Crippen LogP contribution in [0.1, 0.15) is 24.6 Å². The highest BCUT2D eigenvalue weighted by Gasteiger charge is 2.24. The quantitative estimate of drug-likeness (QED) is 0.902. The monoisotopic (exact) mass is 268 g/mol. The molecule has 0 bridgehead atoms. The number of hydrogen-bond donors (Lipinski definition) is 1. The molecule has 1 aromatic heterocycles. The summed E-state index contributed by atoms with van der Waals surface area (Å²) in [6.07, 6.45) is 4.43. The molecule has 1 fully saturated rings. The summed E-state index contributed by atoms with van der Waals surface area (Å²) in [6, 6.07) is 0.603. The van der Waals surface area contributed by atoms with Gasteiger partial charge in [0, 0.05) is 36.8 Å². The van der Waals surface area contributed by atoms with E-state index in [2.05, 4.69) is 34.1 Å². The Balaban J connectivity index is 2.12. The van der Waals surface area contributed by atoms with Gasteiger partial charge in [-0.3, -0.25) is 0 Å². The van der Waals surface area contributed by atoms with Gasteiger partial charge in [-0.2, -0.15) is 0 Å². The lowest BCUT2D eigenvalue weighted by molar-refractivity contribution is 0.328. The molecule has 0 amide bonds. The van der Waals surface area contributed by atoms with Crippen LogP contribution in [0.3, 0.4) is 0 Å². The number of hydrogen-bond acceptors (Lipinski definition) is 5. The maximum Gasteiger partial charge on any atom is 0.185 e. The van der Waals surface area contributed by atoms with Gasteiger partial charge < -0.3 is 15.1 Å². The Bertz CT molecular complexity index is 366. The molecule has 102 valence electrons. The number of likely N-dealkylation sites (N-methyl/N-ethyl adjacent to an activating group) is 1. The number of thiazole rings is 1. The van der Waals surface area contributed by atoms with Crippen molar-refractivity contribution >= 4 is 16.5 Å². The van der Waals surface area contributed by atoms with Gasteiger partial charge in [-0.15, -0.1) is 11.3 Å². The number of rotatable bonds is 4. The van der Waals surface area contributed by atoms with Crippen molar-refractivity contribution in [1.29, 1.82) is 0 Å². The van der Waals surface area contributed by atoms with Gasteiger partial charge in [0.1, 0.15) is 0 Å². The molecule has 1 N–H and O–H groups in total. The minimum absolute atomic E-state index is 0.603. The summed E-state index contributed by atoms with van der Waals surface area (Å²) < 4.78 is 0. The Morgan fingerprint density at radius 3 is 3.06 bits per heavy atom. The fourth-order valence-corrected chi connectivity index (χ4v) is 3.55. The van der Waals surface area contributed by atoms with Crippen molar-refractivity contribution in [2.24, 2.45) is 0 Å². The standard InChI is InChI=1S/C13H24N4S/c1-4-11-10-16(3)6-5-7-17(11)13-15-9-12(18-13)8-14-2/h9,11,14H,4-8,10H2,1-3H3. The number of nitrogens with zero attached hydrogens (tertiary/aromatic N) is 3. The molecule has 1 atom stereocenters. The highest BCUT2D eigenvalue weighted by Crippen LogP contribution is 2.26. The summed E-state index contributed by atoms with van der Waals surface area (Å²) in [7, 11) is 4.20. The largest absolute Gasteiger partial charge is 0.344 e. The Kier molecular flexibility index (Phi) is 4.97. The van der Waals surface area contributed by atoms with E-state index in [-0.39, 0.29) is 0 Å². The summed E-state index contributed by atoms with van der Waals surface area (Å²) in [5.41, 5.74) is 0. The molecule has 18 heavy (non-hydrogen) atoms. The van der Waals surface area contributed by atoms with Gasteiger partial charge >= 0.3 is 0 Å². The fraction of sp³-hybridized carbons (Fsp3) is 0.769. The zero-order chi connectivity index (χ0) is 13.0. The third-order valence-corrected chi connectivity index (χ3v) is 4.55. The van der Waals surface area contributed by atoms with Crippen LogP contribution in [-0.2, 0) is 6.54 Å². The van der Waals surface area contributed by atoms with Gasteiger partial charge in [-0.1, -0.05) is 6.92 Å². The van der Waals surface area contributed by atoms with Crippen LogP contribution in [0.2, 0.25) is 0 Å². The van der Waals surface area contributed by atoms with Gasteiger partial charge in [0.05, 0.1) is 0 Å². The van der Waals surface area contributed by atoms with Gasteiger partial charge in [-0.05, 0) is 33.5 Å². The van der Waals surface area contributed by atoms with Crippen LogP contribution >= 0.6 is 11.3 Å². The lowest BCUT2D eigenvalue weighted by atomic mass is 10.2. The lowest BCUT2D eigenvalue weighted by Gasteiger charge is -2.29. The van der Waals surface area contributed by atoms with E-state index >= 15 is 0 Å². The molecule has 2 heterocycles. The van der Waals surface area contributed by atoms with Crippen molar-refractivity contribution in [3.8, 4) is 0 Å². The SMILES string of the molecule is CCC1CN(C)CCCN1c1ncc(CNC)s1. The van der Waals surface area contributed by atoms with Crippen molar-refractivity contribution in [3.05, 3.63) is 11.1 Å². The van der Waals surface area contributed by atoms with Gasteiger partial charge in [0.2, 0.25) is 0 Å². The molecule has 1 aromatic rings. The molecule has 4 nitrogen and oxygen atoms in total. The lowest BCUT2D eigenvalue weighted by Crippen LogP contribution is -2.39. The minimum Gasteiger partial charge on any atom is -0.344 e. The molecular formula is C13H24N4S. The Labute approximate surface area is 114 Å². The van der Waals surface area contributed by atoms with E-state index in [1.165, 1.54) is 29.4 Å². The minimum atomic E-state index is 0.603. The van der Waals surface area contributed by atoms with Crippen LogP contribution in [-0.4, -0.2) is 49.7 Å². The number of aromatic nitrogens is 1. The highest BCUT2D eigenvalue weighted by molar-refractivity contribution is 7.15. The van der Waals surface area contributed by atoms with E-state index in [0.29, 0.717) is 6.04 Å². The summed E-state index contributed by atoms with van der Waals surface area (Å²) >= 11 is 1.83. The molecule has 0 spiro atoms. The summed E-state index contributed by atoms with van der Waals surface area (Å²) in [4.78, 5) is 10.9. The average Bonchev–Trinajstić information content (AvgIpc) is 2.72. The number of nitrogens with one attached hydrogen (secondary N) is 1. The van der Waals surface area contributed by atoms with Crippen molar-refractivity contribution in [2.75, 3.05) is 38.6 Å². The molecule has 1 aliphatic heterocycles. The molecule has 0 radical (unpaired) electrons. The molecule has 1 aliphatic rings. The Morgan fingerprint density at radius 2 is 2.33 bits per heavy atom. The van der Waals surface area contributed by atoms with Crippen LogP contribution in [0.4, 0.5) is 5.13 Å². The van der Waals surface area contributed by atoms with Crippen LogP contribution in [0.5, 0.6) is 0 Å². The Morgan fingerprint density at radius 1 is 1.50 bits per heavy atom. The molecule has 2 rings (SSSR count). The van der Waals surface area contributed by atoms with Gasteiger partial charge in [0.15, 0.2) is 5.13 Å². The first-order valence-electron chi connectivity index (χ1n) is 6.79. The van der Waals surface area contributed by atoms with Crippen LogP contribution in [0.15, 0.2) is 6.20 Å². The molecule has 1 unspecified atom stereocenters. The van der Waals surface area contributed by atoms with Gasteiger partial charge in [0.25, 0.3) is 0 Å². The van der Waals surface area contributed by atoms with Crippen molar-refractivity contribution < 1.29 is 0 Å². The van der Waals surface area contributed by atoms with Crippen molar-refractivity contribution in [3.63, 3.8) is 0 Å². The number of anilines is 1. The fourth-order valence-electron chi connectivity index (χ4n) is 2.53. The van der Waals surface area contributed by atoms with Crippen LogP contribution < -0.4 is 10.2 Å². The normalized spacial score (nSPS) is 22.2. The smallest absolute Gasteiger partial charge is 0.185 e. The predicted octanol–water partition coefficient (Wildman–Crippen LogP) is 1.78. The molecule has 0 aliphatic carbocycles. The highest BCUT2D eigenvalue weighted by atomic mass is 32.1. The maximum absolute atomic E-state index is 4.61. The van der Waals surface area contributed by atoms with Crippen molar-refractivity contribution in [2.45, 2.75) is 32.4 Å². The molecule has 1 saturated heterocycles. The molecule has 5 heteroatoms. The average molecular weight is 268 g/mol. The van der Waals surface area contributed by atoms with E-state index < -0.39 is 0 Å². The summed E-state index contributed by atoms with van der Waals surface area (Å²) in [6.45, 7) is 6.68. The zero-order valence-corrected chi connectivity index (χ0v) is 12.5. The second kappa shape index (κ2) is 6.50. The topological polar surface area (TPSA) is 31.4 Å². The maximum atomic E-state index is 4.61. The van der Waals surface area contributed by atoms with Crippen LogP contribution in [0, 0.1) is 0 Å². The molecule has 0 aromatic carbocycles. The summed E-state index contributed by atoms with van der Waals surface area (Å²) in [5.74, 6) is 0. The summed E-state index contributed by atoms with van der Waals surface area (Å²) in [5, 5.41) is 4.39. The van der Waals surface area contributed by atoms with Gasteiger partial charge in [-0.25, -0.2) is 4.98 Å². The molecular weight excluding hydrogens is 244 g/mol. The third-order valence-electron chi connectivity index (χ3n) is 3.51. The van der Waals surface area contributed by atoms with E-state index in [9.17, 15) is 0 Å².